The zero-order valence-electron chi connectivity index (χ0n) is 17.0. The molecule has 0 aliphatic heterocycles. The zero-order valence-corrected chi connectivity index (χ0v) is 17.0. The molecule has 0 atom stereocenters. The molecule has 8 nitrogen and oxygen atoms in total. The van der Waals surface area contributed by atoms with Crippen molar-refractivity contribution in [3.05, 3.63) is 102 Å². The SMILES string of the molecule is O=C(NCc1cccnc1-n1cncn1)c1oc2ccccc2c1COc1ccccc1. The zero-order chi connectivity index (χ0) is 21.8. The molecule has 0 saturated carbocycles. The van der Waals surface area contributed by atoms with Crippen molar-refractivity contribution < 1.29 is 13.9 Å². The molecule has 3 heterocycles. The lowest BCUT2D eigenvalue weighted by molar-refractivity contribution is 0.0922. The third-order valence-electron chi connectivity index (χ3n) is 4.97. The van der Waals surface area contributed by atoms with E-state index >= 15 is 0 Å². The van der Waals surface area contributed by atoms with Crippen LogP contribution in [0.4, 0.5) is 0 Å². The first-order valence-corrected chi connectivity index (χ1v) is 10.0. The van der Waals surface area contributed by atoms with Crippen molar-refractivity contribution in [2.45, 2.75) is 13.2 Å². The summed E-state index contributed by atoms with van der Waals surface area (Å²) in [7, 11) is 0. The topological polar surface area (TPSA) is 95.1 Å². The number of aromatic nitrogens is 4. The Bertz CT molecular complexity index is 1350. The largest absolute Gasteiger partial charge is 0.489 e. The summed E-state index contributed by atoms with van der Waals surface area (Å²) in [6.45, 7) is 0.457. The standard InChI is InChI=1S/C24H19N5O3/c30-24(27-13-17-7-6-12-26-23(17)29-16-25-15-28-29)22-20(14-31-18-8-2-1-3-9-18)19-10-4-5-11-21(19)32-22/h1-12,15-16H,13-14H2,(H,27,30). The van der Waals surface area contributed by atoms with E-state index in [0.717, 1.165) is 16.7 Å². The van der Waals surface area contributed by atoms with E-state index in [1.807, 2.05) is 66.7 Å². The lowest BCUT2D eigenvalue weighted by Crippen LogP contribution is -2.24. The van der Waals surface area contributed by atoms with Gasteiger partial charge in [-0.3, -0.25) is 4.79 Å². The Morgan fingerprint density at radius 3 is 2.72 bits per heavy atom. The van der Waals surface area contributed by atoms with Crippen molar-refractivity contribution in [1.82, 2.24) is 25.1 Å². The summed E-state index contributed by atoms with van der Waals surface area (Å²) in [4.78, 5) is 21.4. The van der Waals surface area contributed by atoms with Crippen LogP contribution in [-0.2, 0) is 13.2 Å². The third-order valence-corrected chi connectivity index (χ3v) is 4.97. The van der Waals surface area contributed by atoms with Crippen molar-refractivity contribution in [3.8, 4) is 11.6 Å². The molecule has 0 saturated heterocycles. The summed E-state index contributed by atoms with van der Waals surface area (Å²) in [5, 5.41) is 7.90. The van der Waals surface area contributed by atoms with Crippen molar-refractivity contribution in [1.29, 1.82) is 0 Å². The summed E-state index contributed by atoms with van der Waals surface area (Å²) >= 11 is 0. The Hall–Kier alpha value is -4.46. The average molecular weight is 425 g/mol. The molecule has 0 aliphatic carbocycles. The van der Waals surface area contributed by atoms with E-state index in [1.165, 1.54) is 6.33 Å². The van der Waals surface area contributed by atoms with E-state index in [-0.39, 0.29) is 24.8 Å². The van der Waals surface area contributed by atoms with Gasteiger partial charge in [0.05, 0.1) is 0 Å². The molecule has 0 fully saturated rings. The first kappa shape index (κ1) is 19.5. The number of carbonyl (C=O) groups is 1. The lowest BCUT2D eigenvalue weighted by atomic mass is 10.1. The van der Waals surface area contributed by atoms with Crippen LogP contribution in [-0.4, -0.2) is 25.7 Å². The third kappa shape index (κ3) is 3.93. The molecule has 0 unspecified atom stereocenters. The Balaban J connectivity index is 1.39. The van der Waals surface area contributed by atoms with Crippen LogP contribution in [0.15, 0.2) is 90.0 Å². The summed E-state index contributed by atoms with van der Waals surface area (Å²) in [6.07, 6.45) is 4.66. The van der Waals surface area contributed by atoms with Crippen molar-refractivity contribution in [2.24, 2.45) is 0 Å². The van der Waals surface area contributed by atoms with Gasteiger partial charge in [-0.05, 0) is 24.3 Å². The summed E-state index contributed by atoms with van der Waals surface area (Å²) < 4.78 is 13.4. The smallest absolute Gasteiger partial charge is 0.287 e. The average Bonchev–Trinajstić information content (AvgIpc) is 3.50. The predicted octanol–water partition coefficient (Wildman–Crippen LogP) is 3.92. The number of fused-ring (bicyclic) bond motifs is 1. The molecule has 0 spiro atoms. The highest BCUT2D eigenvalue weighted by Gasteiger charge is 2.21. The number of furan rings is 1. The molecule has 5 rings (SSSR count). The summed E-state index contributed by atoms with van der Waals surface area (Å²) in [5.74, 6) is 1.22. The maximum Gasteiger partial charge on any atom is 0.287 e. The molecule has 3 aromatic heterocycles. The van der Waals surface area contributed by atoms with Crippen molar-refractivity contribution >= 4 is 16.9 Å². The second-order valence-corrected chi connectivity index (χ2v) is 7.02. The van der Waals surface area contributed by atoms with Gasteiger partial charge in [-0.2, -0.15) is 5.10 Å². The minimum absolute atomic E-state index is 0.209. The van der Waals surface area contributed by atoms with E-state index in [1.54, 1.807) is 17.2 Å². The van der Waals surface area contributed by atoms with Gasteiger partial charge in [-0.15, -0.1) is 0 Å². The Labute approximate surface area is 183 Å². The molecular weight excluding hydrogens is 406 g/mol. The number of carbonyl (C=O) groups excluding carboxylic acids is 1. The van der Waals surface area contributed by atoms with Gasteiger partial charge in [-0.25, -0.2) is 14.6 Å². The molecule has 2 aromatic carbocycles. The van der Waals surface area contributed by atoms with Crippen LogP contribution in [0.25, 0.3) is 16.8 Å². The van der Waals surface area contributed by atoms with Crippen LogP contribution in [0.2, 0.25) is 0 Å². The van der Waals surface area contributed by atoms with Crippen LogP contribution in [0.1, 0.15) is 21.7 Å². The fourth-order valence-corrected chi connectivity index (χ4v) is 3.45. The molecule has 8 heteroatoms. The lowest BCUT2D eigenvalue weighted by Gasteiger charge is -2.10. The highest BCUT2D eigenvalue weighted by Crippen LogP contribution is 2.27. The fourth-order valence-electron chi connectivity index (χ4n) is 3.45. The monoisotopic (exact) mass is 425 g/mol. The first-order valence-electron chi connectivity index (χ1n) is 10.0. The number of para-hydroxylation sites is 2. The molecule has 0 radical (unpaired) electrons. The van der Waals surface area contributed by atoms with Crippen molar-refractivity contribution in [3.63, 3.8) is 0 Å². The van der Waals surface area contributed by atoms with Gasteiger partial charge in [0.1, 0.15) is 30.6 Å². The molecule has 5 aromatic rings. The minimum atomic E-state index is -0.332. The van der Waals surface area contributed by atoms with Gasteiger partial charge in [-0.1, -0.05) is 42.5 Å². The number of ether oxygens (including phenoxy) is 1. The van der Waals surface area contributed by atoms with Gasteiger partial charge >= 0.3 is 0 Å². The maximum absolute atomic E-state index is 13.1. The highest BCUT2D eigenvalue weighted by molar-refractivity contribution is 5.99. The van der Waals surface area contributed by atoms with Crippen molar-refractivity contribution in [2.75, 3.05) is 0 Å². The molecule has 32 heavy (non-hydrogen) atoms. The van der Waals surface area contributed by atoms with E-state index in [4.69, 9.17) is 9.15 Å². The number of hydrogen-bond donors (Lipinski definition) is 1. The highest BCUT2D eigenvalue weighted by atomic mass is 16.5. The van der Waals surface area contributed by atoms with E-state index < -0.39 is 0 Å². The Kier molecular flexibility index (Phi) is 5.32. The van der Waals surface area contributed by atoms with Gasteiger partial charge in [0.15, 0.2) is 11.6 Å². The number of hydrogen-bond acceptors (Lipinski definition) is 6. The number of rotatable bonds is 7. The van der Waals surface area contributed by atoms with E-state index in [0.29, 0.717) is 17.0 Å². The molecule has 158 valence electrons. The first-order chi connectivity index (χ1) is 15.8. The Morgan fingerprint density at radius 2 is 1.88 bits per heavy atom. The number of nitrogens with one attached hydrogen (secondary N) is 1. The van der Waals surface area contributed by atoms with E-state index in [9.17, 15) is 4.79 Å². The van der Waals surface area contributed by atoms with Crippen LogP contribution < -0.4 is 10.1 Å². The molecule has 1 N–H and O–H groups in total. The van der Waals surface area contributed by atoms with Gasteiger partial charge < -0.3 is 14.5 Å². The number of benzene rings is 2. The normalized spacial score (nSPS) is 10.9. The molecule has 0 bridgehead atoms. The molecule has 0 aliphatic rings. The second kappa shape index (κ2) is 8.73. The van der Waals surface area contributed by atoms with E-state index in [2.05, 4.69) is 20.4 Å². The van der Waals surface area contributed by atoms with Crippen LogP contribution in [0.3, 0.4) is 0 Å². The summed E-state index contributed by atoms with van der Waals surface area (Å²) in [5.41, 5.74) is 2.13. The quantitative estimate of drug-likeness (QED) is 0.425. The maximum atomic E-state index is 13.1. The molecular formula is C24H19N5O3. The van der Waals surface area contributed by atoms with Gasteiger partial charge in [0.25, 0.3) is 5.91 Å². The van der Waals surface area contributed by atoms with Gasteiger partial charge in [0.2, 0.25) is 0 Å². The Morgan fingerprint density at radius 1 is 1.03 bits per heavy atom. The van der Waals surface area contributed by atoms with Gasteiger partial charge in [0, 0.05) is 29.3 Å². The van der Waals surface area contributed by atoms with Crippen LogP contribution in [0, 0.1) is 0 Å². The fraction of sp³-hybridized carbons (Fsp3) is 0.0833. The second-order valence-electron chi connectivity index (χ2n) is 7.02. The van der Waals surface area contributed by atoms with Crippen LogP contribution in [0.5, 0.6) is 5.75 Å². The summed E-state index contributed by atoms with van der Waals surface area (Å²) in [6, 6.07) is 20.7. The molecule has 1 amide bonds. The minimum Gasteiger partial charge on any atom is -0.489 e. The van der Waals surface area contributed by atoms with Crippen LogP contribution >= 0.6 is 0 Å². The number of amides is 1. The predicted molar refractivity (Wildman–Crippen MR) is 117 cm³/mol. The number of pyridine rings is 1. The number of nitrogens with zero attached hydrogens (tertiary/aromatic N) is 4.